The van der Waals surface area contributed by atoms with E-state index in [0.717, 1.165) is 41.7 Å². The zero-order valence-electron chi connectivity index (χ0n) is 17.5. The van der Waals surface area contributed by atoms with Crippen molar-refractivity contribution >= 4 is 11.6 Å². The van der Waals surface area contributed by atoms with Crippen LogP contribution in [0.15, 0.2) is 60.8 Å². The van der Waals surface area contributed by atoms with Gasteiger partial charge in [-0.3, -0.25) is 4.79 Å². The molecule has 0 bridgehead atoms. The van der Waals surface area contributed by atoms with E-state index in [1.807, 2.05) is 24.3 Å². The van der Waals surface area contributed by atoms with Crippen LogP contribution < -0.4 is 5.32 Å². The minimum Gasteiger partial charge on any atom is -0.323 e. The van der Waals surface area contributed by atoms with Crippen molar-refractivity contribution in [1.29, 1.82) is 0 Å². The van der Waals surface area contributed by atoms with Gasteiger partial charge in [0, 0.05) is 17.7 Å². The third-order valence-electron chi connectivity index (χ3n) is 6.04. The van der Waals surface area contributed by atoms with Gasteiger partial charge in [0.15, 0.2) is 0 Å². The topological polar surface area (TPSA) is 42.0 Å². The summed E-state index contributed by atoms with van der Waals surface area (Å²) in [6.45, 7) is 0. The number of pyridine rings is 1. The lowest BCUT2D eigenvalue weighted by Crippen LogP contribution is -2.28. The molecule has 2 unspecified atom stereocenters. The number of aromatic nitrogens is 1. The number of hydrogen-bond donors (Lipinski definition) is 1. The van der Waals surface area contributed by atoms with E-state index in [1.165, 1.54) is 12.3 Å². The van der Waals surface area contributed by atoms with Crippen molar-refractivity contribution in [3.8, 4) is 11.1 Å². The molecular formula is C25H21F5N2O. The van der Waals surface area contributed by atoms with Crippen LogP contribution in [0.5, 0.6) is 0 Å². The van der Waals surface area contributed by atoms with E-state index >= 15 is 0 Å². The summed E-state index contributed by atoms with van der Waals surface area (Å²) in [5, 5.41) is 2.45. The Hall–Kier alpha value is -3.29. The fraction of sp³-hybridized carbons (Fsp3) is 0.280. The first-order valence-electron chi connectivity index (χ1n) is 10.6. The summed E-state index contributed by atoms with van der Waals surface area (Å²) in [6, 6.07) is 12.8. The Morgan fingerprint density at radius 3 is 2.30 bits per heavy atom. The fourth-order valence-electron chi connectivity index (χ4n) is 4.25. The molecule has 2 atom stereocenters. The number of nitrogens with zero attached hydrogens (tertiary/aromatic N) is 1. The van der Waals surface area contributed by atoms with Crippen LogP contribution in [0.2, 0.25) is 0 Å². The molecule has 3 nitrogen and oxygen atoms in total. The molecule has 1 aromatic heterocycles. The van der Waals surface area contributed by atoms with Gasteiger partial charge in [0.2, 0.25) is 11.9 Å². The van der Waals surface area contributed by atoms with Gasteiger partial charge >= 0.3 is 6.18 Å². The van der Waals surface area contributed by atoms with E-state index < -0.39 is 29.4 Å². The number of rotatable bonds is 4. The number of nitrogens with one attached hydrogen (secondary N) is 1. The molecule has 1 heterocycles. The summed E-state index contributed by atoms with van der Waals surface area (Å²) >= 11 is 0. The molecule has 0 radical (unpaired) electrons. The normalized spacial score (nSPS) is 18.7. The molecule has 1 aliphatic rings. The number of hydrogen-bond acceptors (Lipinski definition) is 2. The predicted octanol–water partition coefficient (Wildman–Crippen LogP) is 6.96. The first kappa shape index (κ1) is 22.9. The highest BCUT2D eigenvalue weighted by molar-refractivity contribution is 5.92. The second kappa shape index (κ2) is 9.29. The van der Waals surface area contributed by atoms with Gasteiger partial charge in [-0.05, 0) is 66.6 Å². The molecule has 8 heteroatoms. The molecule has 4 rings (SSSR count). The third kappa shape index (κ3) is 5.38. The van der Waals surface area contributed by atoms with E-state index in [0.29, 0.717) is 18.9 Å². The summed E-state index contributed by atoms with van der Waals surface area (Å²) in [5.74, 6) is -2.29. The Kier molecular flexibility index (Phi) is 6.44. The van der Waals surface area contributed by atoms with Crippen molar-refractivity contribution < 1.29 is 26.7 Å². The maximum absolute atomic E-state index is 14.1. The molecule has 0 saturated heterocycles. The van der Waals surface area contributed by atoms with Gasteiger partial charge in [0.25, 0.3) is 0 Å². The lowest BCUT2D eigenvalue weighted by Gasteiger charge is -2.29. The molecule has 1 N–H and O–H groups in total. The smallest absolute Gasteiger partial charge is 0.323 e. The minimum atomic E-state index is -4.65. The first-order chi connectivity index (χ1) is 15.7. The van der Waals surface area contributed by atoms with Gasteiger partial charge < -0.3 is 5.32 Å². The van der Waals surface area contributed by atoms with E-state index in [4.69, 9.17) is 0 Å². The van der Waals surface area contributed by atoms with Crippen molar-refractivity contribution in [1.82, 2.24) is 4.98 Å². The highest BCUT2D eigenvalue weighted by Gasteiger charge is 2.32. The predicted molar refractivity (Wildman–Crippen MR) is 114 cm³/mol. The second-order valence-corrected chi connectivity index (χ2v) is 8.23. The van der Waals surface area contributed by atoms with Crippen molar-refractivity contribution in [2.24, 2.45) is 5.92 Å². The molecule has 1 amide bonds. The summed E-state index contributed by atoms with van der Waals surface area (Å²) in [7, 11) is 0. The molecule has 3 aromatic rings. The standard InChI is InChI=1S/C25H21F5N2O/c26-21-13-20(25(28,29)30)9-10-22(21)32-24(33)18-3-1-2-17(12-18)15-4-6-16(7-5-15)19-8-11-23(27)31-14-19/h4-11,13-14,17-18H,1-3,12H2,(H,32,33). The maximum atomic E-state index is 14.1. The Morgan fingerprint density at radius 2 is 1.67 bits per heavy atom. The fourth-order valence-corrected chi connectivity index (χ4v) is 4.25. The van der Waals surface area contributed by atoms with Crippen LogP contribution in [0.25, 0.3) is 11.1 Å². The number of amides is 1. The third-order valence-corrected chi connectivity index (χ3v) is 6.04. The number of carbonyl (C=O) groups is 1. The average molecular weight is 460 g/mol. The summed E-state index contributed by atoms with van der Waals surface area (Å²) < 4.78 is 65.3. The summed E-state index contributed by atoms with van der Waals surface area (Å²) in [4.78, 5) is 16.4. The number of carbonyl (C=O) groups excluding carboxylic acids is 1. The SMILES string of the molecule is O=C(Nc1ccc(C(F)(F)F)cc1F)C1CCCC(c2ccc(-c3ccc(F)nc3)cc2)C1. The Morgan fingerprint density at radius 1 is 0.939 bits per heavy atom. The summed E-state index contributed by atoms with van der Waals surface area (Å²) in [6.07, 6.45) is -0.290. The molecule has 1 saturated carbocycles. The monoisotopic (exact) mass is 460 g/mol. The highest BCUT2D eigenvalue weighted by atomic mass is 19.4. The van der Waals surface area contributed by atoms with Crippen molar-refractivity contribution in [3.05, 3.63) is 83.7 Å². The van der Waals surface area contributed by atoms with Crippen LogP contribution in [0.4, 0.5) is 27.6 Å². The van der Waals surface area contributed by atoms with Gasteiger partial charge in [-0.15, -0.1) is 0 Å². The zero-order chi connectivity index (χ0) is 23.6. The average Bonchev–Trinajstić information content (AvgIpc) is 2.80. The van der Waals surface area contributed by atoms with E-state index in [1.54, 1.807) is 6.07 Å². The van der Waals surface area contributed by atoms with Crippen LogP contribution >= 0.6 is 0 Å². The molecule has 1 fully saturated rings. The maximum Gasteiger partial charge on any atom is 0.416 e. The lowest BCUT2D eigenvalue weighted by atomic mass is 9.77. The highest BCUT2D eigenvalue weighted by Crippen LogP contribution is 2.38. The molecule has 33 heavy (non-hydrogen) atoms. The molecule has 1 aliphatic carbocycles. The number of halogens is 5. The number of anilines is 1. The first-order valence-corrected chi connectivity index (χ1v) is 10.6. The van der Waals surface area contributed by atoms with E-state index in [2.05, 4.69) is 10.3 Å². The van der Waals surface area contributed by atoms with Gasteiger partial charge in [-0.2, -0.15) is 17.6 Å². The van der Waals surface area contributed by atoms with Gasteiger partial charge in [0.1, 0.15) is 5.82 Å². The Balaban J connectivity index is 1.42. The largest absolute Gasteiger partial charge is 0.416 e. The van der Waals surface area contributed by atoms with E-state index in [-0.39, 0.29) is 17.5 Å². The zero-order valence-corrected chi connectivity index (χ0v) is 17.5. The van der Waals surface area contributed by atoms with Crippen LogP contribution in [-0.4, -0.2) is 10.9 Å². The Labute approximate surface area is 187 Å². The van der Waals surface area contributed by atoms with Crippen molar-refractivity contribution in [2.75, 3.05) is 5.32 Å². The molecular weight excluding hydrogens is 439 g/mol. The molecule has 2 aromatic carbocycles. The number of benzene rings is 2. The van der Waals surface area contributed by atoms with Crippen LogP contribution in [0.3, 0.4) is 0 Å². The summed E-state index contributed by atoms with van der Waals surface area (Å²) in [5.41, 5.74) is 1.39. The number of alkyl halides is 3. The van der Waals surface area contributed by atoms with Gasteiger partial charge in [-0.25, -0.2) is 9.37 Å². The van der Waals surface area contributed by atoms with Crippen LogP contribution in [0.1, 0.15) is 42.7 Å². The van der Waals surface area contributed by atoms with Crippen molar-refractivity contribution in [2.45, 2.75) is 37.8 Å². The van der Waals surface area contributed by atoms with Crippen LogP contribution in [0, 0.1) is 17.7 Å². The molecule has 0 spiro atoms. The minimum absolute atomic E-state index is 0.132. The van der Waals surface area contributed by atoms with Crippen LogP contribution in [-0.2, 0) is 11.0 Å². The lowest BCUT2D eigenvalue weighted by molar-refractivity contribution is -0.137. The van der Waals surface area contributed by atoms with Gasteiger partial charge in [0.05, 0.1) is 11.3 Å². The Bertz CT molecular complexity index is 1130. The second-order valence-electron chi connectivity index (χ2n) is 8.23. The molecule has 0 aliphatic heterocycles. The quantitative estimate of drug-likeness (QED) is 0.338. The molecule has 172 valence electrons. The van der Waals surface area contributed by atoms with Crippen molar-refractivity contribution in [3.63, 3.8) is 0 Å². The van der Waals surface area contributed by atoms with E-state index in [9.17, 15) is 26.7 Å². The van der Waals surface area contributed by atoms with Gasteiger partial charge in [-0.1, -0.05) is 30.7 Å².